The van der Waals surface area contributed by atoms with Crippen molar-refractivity contribution >= 4 is 23.1 Å². The smallest absolute Gasteiger partial charge is 0.252 e. The second kappa shape index (κ2) is 12.2. The first-order valence-electron chi connectivity index (χ1n) is 13.3. The number of hydrogen-bond acceptors (Lipinski definition) is 5. The maximum absolute atomic E-state index is 14.3. The Bertz CT molecular complexity index is 1280. The molecule has 1 fully saturated rings. The Hall–Kier alpha value is -3.71. The van der Waals surface area contributed by atoms with Gasteiger partial charge < -0.3 is 15.1 Å². The number of aliphatic imine (C=N–C) groups is 1. The minimum atomic E-state index is -0.281. The molecule has 6 nitrogen and oxygen atoms in total. The molecule has 2 aliphatic heterocycles. The Balaban J connectivity index is 1.64. The van der Waals surface area contributed by atoms with Crippen molar-refractivity contribution in [3.8, 4) is 0 Å². The number of likely N-dealkylation sites (N-methyl/N-ethyl adjacent to an activating group) is 1. The standard InChI is InChI=1S/C31H38FN5O/c1-6-22(3)30(33-26-12-14-27(15-13-26)36-19-17-35(5)18-20-36)34-31-24(7-2)11-16-29(38)37(31)21-25-9-8-10-28(32)23(25)4/h7-16,33H,6,17-21H2,1-5H3/b24-7-,30-22+,34-31+. The molecule has 1 N–H and O–H groups in total. The quantitative estimate of drug-likeness (QED) is 0.500. The van der Waals surface area contributed by atoms with E-state index in [4.69, 9.17) is 4.99 Å². The zero-order valence-electron chi connectivity index (χ0n) is 23.1. The van der Waals surface area contributed by atoms with Crippen LogP contribution in [0.5, 0.6) is 0 Å². The van der Waals surface area contributed by atoms with Crippen LogP contribution in [0.2, 0.25) is 0 Å². The Morgan fingerprint density at radius 1 is 1.08 bits per heavy atom. The van der Waals surface area contributed by atoms with E-state index < -0.39 is 0 Å². The molecule has 2 aromatic carbocycles. The topological polar surface area (TPSA) is 51.2 Å². The molecule has 0 bridgehead atoms. The first-order valence-corrected chi connectivity index (χ1v) is 13.3. The van der Waals surface area contributed by atoms with Crippen molar-refractivity contribution in [2.24, 2.45) is 4.99 Å². The predicted octanol–water partition coefficient (Wildman–Crippen LogP) is 5.88. The number of benzene rings is 2. The monoisotopic (exact) mass is 515 g/mol. The molecule has 0 aliphatic carbocycles. The summed E-state index contributed by atoms with van der Waals surface area (Å²) in [6.07, 6.45) is 6.08. The Morgan fingerprint density at radius 3 is 2.45 bits per heavy atom. The number of allylic oxidation sites excluding steroid dienone is 2. The van der Waals surface area contributed by atoms with Gasteiger partial charge in [0.05, 0.1) is 6.54 Å². The lowest BCUT2D eigenvalue weighted by atomic mass is 10.0. The Morgan fingerprint density at radius 2 is 1.79 bits per heavy atom. The van der Waals surface area contributed by atoms with Gasteiger partial charge in [-0.1, -0.05) is 25.1 Å². The molecule has 4 rings (SSSR count). The van der Waals surface area contributed by atoms with Gasteiger partial charge in [0.1, 0.15) is 17.5 Å². The number of rotatable bonds is 7. The molecule has 38 heavy (non-hydrogen) atoms. The van der Waals surface area contributed by atoms with Crippen LogP contribution in [0, 0.1) is 12.7 Å². The molecule has 1 saturated heterocycles. The van der Waals surface area contributed by atoms with Gasteiger partial charge in [-0.3, -0.25) is 9.69 Å². The summed E-state index contributed by atoms with van der Waals surface area (Å²) in [6.45, 7) is 12.2. The number of piperazine rings is 1. The second-order valence-electron chi connectivity index (χ2n) is 9.91. The molecule has 0 radical (unpaired) electrons. The number of nitrogens with zero attached hydrogens (tertiary/aromatic N) is 4. The summed E-state index contributed by atoms with van der Waals surface area (Å²) in [7, 11) is 2.16. The number of anilines is 2. The molecular formula is C31H38FN5O. The third-order valence-electron chi connectivity index (χ3n) is 7.36. The van der Waals surface area contributed by atoms with E-state index >= 15 is 0 Å². The van der Waals surface area contributed by atoms with E-state index in [9.17, 15) is 9.18 Å². The zero-order chi connectivity index (χ0) is 27.2. The van der Waals surface area contributed by atoms with E-state index in [0.717, 1.165) is 55.0 Å². The number of halogens is 1. The highest BCUT2D eigenvalue weighted by atomic mass is 19.1. The SMILES string of the molecule is C/C=C1/C=CC(=O)N(Cc2cccc(F)c2C)/C1=N/C(Nc1ccc(N2CCN(C)CC2)cc1)=C(\C)CC. The zero-order valence-corrected chi connectivity index (χ0v) is 23.1. The summed E-state index contributed by atoms with van der Waals surface area (Å²) in [6, 6.07) is 13.4. The third kappa shape index (κ3) is 6.22. The van der Waals surface area contributed by atoms with Gasteiger partial charge in [0.15, 0.2) is 0 Å². The average molecular weight is 516 g/mol. The van der Waals surface area contributed by atoms with Crippen LogP contribution in [0.3, 0.4) is 0 Å². The average Bonchev–Trinajstić information content (AvgIpc) is 2.93. The molecule has 7 heteroatoms. The van der Waals surface area contributed by atoms with Crippen LogP contribution in [-0.4, -0.2) is 54.8 Å². The minimum Gasteiger partial charge on any atom is -0.369 e. The van der Waals surface area contributed by atoms with Crippen LogP contribution < -0.4 is 10.2 Å². The van der Waals surface area contributed by atoms with Crippen LogP contribution in [0.1, 0.15) is 38.3 Å². The summed E-state index contributed by atoms with van der Waals surface area (Å²) < 4.78 is 14.3. The summed E-state index contributed by atoms with van der Waals surface area (Å²) >= 11 is 0. The molecule has 0 saturated carbocycles. The normalized spacial score (nSPS) is 19.4. The van der Waals surface area contributed by atoms with Crippen molar-refractivity contribution in [2.75, 3.05) is 43.4 Å². The van der Waals surface area contributed by atoms with Crippen LogP contribution in [0.4, 0.5) is 15.8 Å². The lowest BCUT2D eigenvalue weighted by Gasteiger charge is -2.34. The summed E-state index contributed by atoms with van der Waals surface area (Å²) in [5, 5.41) is 3.49. The molecule has 0 aromatic heterocycles. The van der Waals surface area contributed by atoms with E-state index in [-0.39, 0.29) is 18.3 Å². The molecule has 0 spiro atoms. The number of hydrogen-bond donors (Lipinski definition) is 1. The maximum atomic E-state index is 14.3. The molecule has 1 amide bonds. The van der Waals surface area contributed by atoms with E-state index in [1.807, 2.05) is 26.0 Å². The first-order chi connectivity index (χ1) is 18.3. The van der Waals surface area contributed by atoms with Crippen molar-refractivity contribution in [1.29, 1.82) is 0 Å². The second-order valence-corrected chi connectivity index (χ2v) is 9.91. The molecule has 2 aromatic rings. The van der Waals surface area contributed by atoms with E-state index in [1.54, 1.807) is 30.0 Å². The summed E-state index contributed by atoms with van der Waals surface area (Å²) in [5.41, 5.74) is 5.34. The first kappa shape index (κ1) is 27.3. The van der Waals surface area contributed by atoms with Gasteiger partial charge >= 0.3 is 0 Å². The van der Waals surface area contributed by atoms with E-state index in [0.29, 0.717) is 17.2 Å². The summed E-state index contributed by atoms with van der Waals surface area (Å²) in [4.78, 5) is 24.4. The third-order valence-corrected chi connectivity index (χ3v) is 7.36. The lowest BCUT2D eigenvalue weighted by molar-refractivity contribution is -0.123. The van der Waals surface area contributed by atoms with Crippen molar-refractivity contribution < 1.29 is 9.18 Å². The Labute approximate surface area is 225 Å². The highest BCUT2D eigenvalue weighted by molar-refractivity contribution is 6.15. The summed E-state index contributed by atoms with van der Waals surface area (Å²) in [5.74, 6) is 0.797. The van der Waals surface area contributed by atoms with Crippen molar-refractivity contribution in [2.45, 2.75) is 40.7 Å². The minimum absolute atomic E-state index is 0.178. The Kier molecular flexibility index (Phi) is 8.79. The van der Waals surface area contributed by atoms with Gasteiger partial charge in [0.2, 0.25) is 0 Å². The highest BCUT2D eigenvalue weighted by Crippen LogP contribution is 2.25. The van der Waals surface area contributed by atoms with E-state index in [1.165, 1.54) is 11.8 Å². The van der Waals surface area contributed by atoms with Gasteiger partial charge in [-0.05, 0) is 87.3 Å². The number of carbonyl (C=O) groups excluding carboxylic acids is 1. The van der Waals surface area contributed by atoms with Crippen LogP contribution in [0.15, 0.2) is 82.7 Å². The van der Waals surface area contributed by atoms with Crippen molar-refractivity contribution in [3.63, 3.8) is 0 Å². The fraction of sp³-hybridized carbons (Fsp3) is 0.355. The maximum Gasteiger partial charge on any atom is 0.252 e. The molecule has 0 atom stereocenters. The van der Waals surface area contributed by atoms with Gasteiger partial charge in [0.25, 0.3) is 5.91 Å². The molecular weight excluding hydrogens is 477 g/mol. The number of amidine groups is 1. The lowest BCUT2D eigenvalue weighted by Crippen LogP contribution is -2.44. The molecule has 2 heterocycles. The number of nitrogens with one attached hydrogen (secondary N) is 1. The van der Waals surface area contributed by atoms with Crippen molar-refractivity contribution in [3.05, 3.63) is 94.6 Å². The van der Waals surface area contributed by atoms with Crippen molar-refractivity contribution in [1.82, 2.24) is 9.80 Å². The number of amides is 1. The largest absolute Gasteiger partial charge is 0.369 e. The van der Waals surface area contributed by atoms with Gasteiger partial charge in [-0.15, -0.1) is 0 Å². The highest BCUT2D eigenvalue weighted by Gasteiger charge is 2.26. The van der Waals surface area contributed by atoms with Crippen LogP contribution in [0.25, 0.3) is 0 Å². The van der Waals surface area contributed by atoms with Gasteiger partial charge in [0, 0.05) is 49.2 Å². The molecule has 200 valence electrons. The molecule has 0 unspecified atom stereocenters. The van der Waals surface area contributed by atoms with Gasteiger partial charge in [-0.25, -0.2) is 9.38 Å². The molecule has 2 aliphatic rings. The van der Waals surface area contributed by atoms with Crippen LogP contribution >= 0.6 is 0 Å². The van der Waals surface area contributed by atoms with Crippen LogP contribution in [-0.2, 0) is 11.3 Å². The van der Waals surface area contributed by atoms with Gasteiger partial charge in [-0.2, -0.15) is 0 Å². The fourth-order valence-corrected chi connectivity index (χ4v) is 4.54. The number of carbonyl (C=O) groups is 1. The predicted molar refractivity (Wildman–Crippen MR) is 155 cm³/mol. The van der Waals surface area contributed by atoms with E-state index in [2.05, 4.69) is 53.4 Å². The fourth-order valence-electron chi connectivity index (χ4n) is 4.54.